The number of methoxy groups -OCH3 is 1. The highest BCUT2D eigenvalue weighted by atomic mass is 16.6. The van der Waals surface area contributed by atoms with E-state index in [4.69, 9.17) is 18.9 Å². The van der Waals surface area contributed by atoms with Crippen molar-refractivity contribution in [3.05, 3.63) is 0 Å². The number of ether oxygens (including phenoxy) is 4. The average Bonchev–Trinajstić information content (AvgIpc) is 2.56. The second-order valence-electron chi connectivity index (χ2n) is 3.52. The summed E-state index contributed by atoms with van der Waals surface area (Å²) in [4.78, 5) is 21.6. The van der Waals surface area contributed by atoms with Crippen LogP contribution < -0.4 is 0 Å². The van der Waals surface area contributed by atoms with Crippen molar-refractivity contribution < 1.29 is 28.5 Å². The van der Waals surface area contributed by atoms with Gasteiger partial charge in [-0.05, 0) is 0 Å². The van der Waals surface area contributed by atoms with Gasteiger partial charge < -0.3 is 18.9 Å². The minimum Gasteiger partial charge on any atom is -0.463 e. The highest BCUT2D eigenvalue weighted by Crippen LogP contribution is 2.20. The van der Waals surface area contributed by atoms with Crippen LogP contribution in [0.25, 0.3) is 0 Å². The summed E-state index contributed by atoms with van der Waals surface area (Å²) in [7, 11) is 1.51. The molecule has 0 N–H and O–H groups in total. The van der Waals surface area contributed by atoms with Gasteiger partial charge in [0, 0.05) is 21.0 Å². The summed E-state index contributed by atoms with van der Waals surface area (Å²) in [6.45, 7) is 3.01. The van der Waals surface area contributed by atoms with E-state index in [1.807, 2.05) is 0 Å². The van der Waals surface area contributed by atoms with Gasteiger partial charge in [0.2, 0.25) is 0 Å². The zero-order valence-electron chi connectivity index (χ0n) is 9.60. The quantitative estimate of drug-likeness (QED) is 0.630. The molecular formula is C10H16O6. The second kappa shape index (κ2) is 5.81. The Bertz CT molecular complexity index is 264. The molecule has 1 heterocycles. The van der Waals surface area contributed by atoms with E-state index in [0.29, 0.717) is 6.61 Å². The van der Waals surface area contributed by atoms with Crippen molar-refractivity contribution in [1.29, 1.82) is 0 Å². The molecule has 1 saturated heterocycles. The Morgan fingerprint density at radius 1 is 1.31 bits per heavy atom. The molecule has 1 aliphatic rings. The molecule has 1 fully saturated rings. The third-order valence-corrected chi connectivity index (χ3v) is 2.26. The maximum Gasteiger partial charge on any atom is 0.303 e. The number of carbonyl (C=O) groups excluding carboxylic acids is 2. The van der Waals surface area contributed by atoms with E-state index in [2.05, 4.69) is 0 Å². The molecule has 0 aromatic heterocycles. The van der Waals surface area contributed by atoms with E-state index in [9.17, 15) is 9.59 Å². The van der Waals surface area contributed by atoms with Gasteiger partial charge >= 0.3 is 11.9 Å². The lowest BCUT2D eigenvalue weighted by Gasteiger charge is -2.21. The average molecular weight is 232 g/mol. The van der Waals surface area contributed by atoms with Gasteiger partial charge in [-0.3, -0.25) is 9.59 Å². The molecule has 16 heavy (non-hydrogen) atoms. The molecule has 0 aromatic carbocycles. The van der Waals surface area contributed by atoms with Crippen LogP contribution in [0.2, 0.25) is 0 Å². The molecule has 1 aliphatic heterocycles. The second-order valence-corrected chi connectivity index (χ2v) is 3.52. The first-order valence-electron chi connectivity index (χ1n) is 4.99. The summed E-state index contributed by atoms with van der Waals surface area (Å²) in [6.07, 6.45) is -1.30. The Morgan fingerprint density at radius 3 is 2.50 bits per heavy atom. The van der Waals surface area contributed by atoms with Gasteiger partial charge in [0.25, 0.3) is 0 Å². The summed E-state index contributed by atoms with van der Waals surface area (Å²) in [5.41, 5.74) is 0. The first-order valence-corrected chi connectivity index (χ1v) is 4.99. The summed E-state index contributed by atoms with van der Waals surface area (Å²) in [5.74, 6) is -0.809. The lowest BCUT2D eigenvalue weighted by molar-refractivity contribution is -0.157. The lowest BCUT2D eigenvalue weighted by Crippen LogP contribution is -2.38. The minimum atomic E-state index is -0.526. The van der Waals surface area contributed by atoms with Crippen molar-refractivity contribution in [2.24, 2.45) is 0 Å². The molecule has 3 atom stereocenters. The highest BCUT2D eigenvalue weighted by Gasteiger charge is 2.40. The Balaban J connectivity index is 2.54. The zero-order chi connectivity index (χ0) is 12.1. The highest BCUT2D eigenvalue weighted by molar-refractivity contribution is 5.66. The first kappa shape index (κ1) is 12.9. The monoisotopic (exact) mass is 232 g/mol. The van der Waals surface area contributed by atoms with Crippen LogP contribution in [0.5, 0.6) is 0 Å². The molecular weight excluding hydrogens is 216 g/mol. The fraction of sp³-hybridized carbons (Fsp3) is 0.800. The van der Waals surface area contributed by atoms with Gasteiger partial charge in [0.15, 0.2) is 6.10 Å². The topological polar surface area (TPSA) is 71.1 Å². The summed E-state index contributed by atoms with van der Waals surface area (Å²) >= 11 is 0. The van der Waals surface area contributed by atoms with E-state index >= 15 is 0 Å². The molecule has 92 valence electrons. The van der Waals surface area contributed by atoms with Crippen LogP contribution in [-0.2, 0) is 28.5 Å². The normalized spacial score (nSPS) is 28.8. The minimum absolute atomic E-state index is 0.0626. The number of esters is 2. The smallest absolute Gasteiger partial charge is 0.303 e. The molecule has 0 radical (unpaired) electrons. The molecule has 0 saturated carbocycles. The molecule has 6 heteroatoms. The van der Waals surface area contributed by atoms with Gasteiger partial charge in [0.1, 0.15) is 18.8 Å². The van der Waals surface area contributed by atoms with Crippen molar-refractivity contribution in [2.45, 2.75) is 32.2 Å². The predicted octanol–water partition coefficient (Wildman–Crippen LogP) is -0.105. The molecule has 0 spiro atoms. The number of hydrogen-bond donors (Lipinski definition) is 0. The van der Waals surface area contributed by atoms with Crippen LogP contribution >= 0.6 is 0 Å². The van der Waals surface area contributed by atoms with Crippen molar-refractivity contribution >= 4 is 11.9 Å². The van der Waals surface area contributed by atoms with Gasteiger partial charge in [-0.2, -0.15) is 0 Å². The van der Waals surface area contributed by atoms with E-state index in [1.165, 1.54) is 21.0 Å². The Morgan fingerprint density at radius 2 is 2.00 bits per heavy atom. The van der Waals surface area contributed by atoms with Crippen molar-refractivity contribution in [1.82, 2.24) is 0 Å². The maximum absolute atomic E-state index is 10.9. The largest absolute Gasteiger partial charge is 0.463 e. The molecule has 0 aromatic rings. The molecule has 0 amide bonds. The van der Waals surface area contributed by atoms with Crippen LogP contribution in [0.15, 0.2) is 0 Å². The van der Waals surface area contributed by atoms with E-state index in [-0.39, 0.29) is 12.7 Å². The van der Waals surface area contributed by atoms with Gasteiger partial charge in [0.05, 0.1) is 6.61 Å². The third kappa shape index (κ3) is 3.46. The van der Waals surface area contributed by atoms with Crippen LogP contribution in [0, 0.1) is 0 Å². The van der Waals surface area contributed by atoms with Gasteiger partial charge in [-0.25, -0.2) is 0 Å². The van der Waals surface area contributed by atoms with Crippen molar-refractivity contribution in [3.63, 3.8) is 0 Å². The van der Waals surface area contributed by atoms with E-state index < -0.39 is 24.1 Å². The first-order chi connectivity index (χ1) is 7.54. The summed E-state index contributed by atoms with van der Waals surface area (Å²) < 4.78 is 20.4. The predicted molar refractivity (Wildman–Crippen MR) is 52.7 cm³/mol. The van der Waals surface area contributed by atoms with Crippen LogP contribution in [0.4, 0.5) is 0 Å². The molecule has 0 aliphatic carbocycles. The number of carbonyl (C=O) groups is 2. The van der Waals surface area contributed by atoms with E-state index in [1.54, 1.807) is 0 Å². The van der Waals surface area contributed by atoms with E-state index in [0.717, 1.165) is 0 Å². The Hall–Kier alpha value is -1.14. The third-order valence-electron chi connectivity index (χ3n) is 2.26. The van der Waals surface area contributed by atoms with Crippen LogP contribution in [-0.4, -0.2) is 50.6 Å². The molecule has 0 bridgehead atoms. The zero-order valence-corrected chi connectivity index (χ0v) is 9.60. The molecule has 3 unspecified atom stereocenters. The van der Waals surface area contributed by atoms with Crippen molar-refractivity contribution in [2.75, 3.05) is 20.3 Å². The summed E-state index contributed by atoms with van der Waals surface area (Å²) in [5, 5.41) is 0. The molecule has 1 rings (SSSR count). The van der Waals surface area contributed by atoms with Crippen LogP contribution in [0.3, 0.4) is 0 Å². The Labute approximate surface area is 93.8 Å². The maximum atomic E-state index is 10.9. The van der Waals surface area contributed by atoms with Crippen molar-refractivity contribution in [3.8, 4) is 0 Å². The lowest BCUT2D eigenvalue weighted by atomic mass is 10.1. The number of rotatable bonds is 4. The van der Waals surface area contributed by atoms with Gasteiger partial charge in [-0.1, -0.05) is 0 Å². The van der Waals surface area contributed by atoms with Crippen LogP contribution in [0.1, 0.15) is 13.8 Å². The standard InChI is InChI=1S/C10H16O6/c1-6(11)14-5-9-10(16-7(2)12)8(13-3)4-15-9/h8-10H,4-5H2,1-3H3. The summed E-state index contributed by atoms with van der Waals surface area (Å²) in [6, 6.07) is 0. The van der Waals surface area contributed by atoms with Gasteiger partial charge in [-0.15, -0.1) is 0 Å². The molecule has 6 nitrogen and oxygen atoms in total. The fourth-order valence-electron chi connectivity index (χ4n) is 1.54. The number of hydrogen-bond acceptors (Lipinski definition) is 6. The Kier molecular flexibility index (Phi) is 4.70. The fourth-order valence-corrected chi connectivity index (χ4v) is 1.54. The SMILES string of the molecule is COC1COC(COC(C)=O)C1OC(C)=O.